The second kappa shape index (κ2) is 9.18. The maximum Gasteiger partial charge on any atom is 0.276 e. The van der Waals surface area contributed by atoms with Gasteiger partial charge in [-0.15, -0.1) is 5.10 Å². The predicted octanol–water partition coefficient (Wildman–Crippen LogP) is 3.32. The molecule has 1 radical (unpaired) electrons. The van der Waals surface area contributed by atoms with Crippen molar-refractivity contribution in [3.05, 3.63) is 58.7 Å². The van der Waals surface area contributed by atoms with Gasteiger partial charge in [0.15, 0.2) is 5.75 Å². The van der Waals surface area contributed by atoms with Gasteiger partial charge in [0.25, 0.3) is 11.4 Å². The van der Waals surface area contributed by atoms with Gasteiger partial charge < -0.3 is 14.0 Å². The summed E-state index contributed by atoms with van der Waals surface area (Å²) in [6.45, 7) is 9.92. The normalized spacial score (nSPS) is 22.3. The second-order valence-corrected chi connectivity index (χ2v) is 10.4. The summed E-state index contributed by atoms with van der Waals surface area (Å²) in [5.41, 5.74) is 1.71. The minimum absolute atomic E-state index is 0.0855. The molecular weight excluding hydrogens is 449 g/mol. The number of benzene rings is 1. The highest BCUT2D eigenvalue weighted by Crippen LogP contribution is 2.37. The highest BCUT2D eigenvalue weighted by Gasteiger charge is 2.48. The van der Waals surface area contributed by atoms with Gasteiger partial charge in [-0.25, -0.2) is 9.37 Å². The Kier molecular flexibility index (Phi) is 6.21. The van der Waals surface area contributed by atoms with Crippen molar-refractivity contribution in [2.45, 2.75) is 58.2 Å². The average molecular weight is 482 g/mol. The van der Waals surface area contributed by atoms with Crippen LogP contribution in [0.5, 0.6) is 11.6 Å². The molecule has 2 unspecified atom stereocenters. The Balaban J connectivity index is 1.47. The highest BCUT2D eigenvalue weighted by atomic mass is 19.1. The molecule has 185 valence electrons. The maximum atomic E-state index is 14.0. The van der Waals surface area contributed by atoms with Crippen molar-refractivity contribution in [3.63, 3.8) is 0 Å². The fraction of sp³-hybridized carbons (Fsp3) is 0.500. The van der Waals surface area contributed by atoms with Crippen molar-refractivity contribution < 1.29 is 18.3 Å². The van der Waals surface area contributed by atoms with Crippen LogP contribution in [0.15, 0.2) is 35.3 Å². The van der Waals surface area contributed by atoms with E-state index in [0.717, 1.165) is 42.5 Å². The third kappa shape index (κ3) is 4.49. The Morgan fingerprint density at radius 1 is 1.17 bits per heavy atom. The fourth-order valence-electron chi connectivity index (χ4n) is 5.67. The van der Waals surface area contributed by atoms with Crippen LogP contribution in [0.2, 0.25) is 0 Å². The molecule has 0 saturated carbocycles. The van der Waals surface area contributed by atoms with Gasteiger partial charge in [0, 0.05) is 18.9 Å². The first-order valence-electron chi connectivity index (χ1n) is 12.2. The van der Waals surface area contributed by atoms with E-state index in [2.05, 4.69) is 42.4 Å². The molecule has 2 aliphatic rings. The maximum absolute atomic E-state index is 14.0. The molecule has 0 amide bonds. The largest absolute Gasteiger partial charge is 0.484 e. The lowest BCUT2D eigenvalue weighted by molar-refractivity contribution is -0.995. The first-order chi connectivity index (χ1) is 16.8. The first kappa shape index (κ1) is 23.7. The Bertz CT molecular complexity index is 1290. The molecule has 1 fully saturated rings. The van der Waals surface area contributed by atoms with E-state index in [-0.39, 0.29) is 23.0 Å². The molecule has 2 aromatic heterocycles. The smallest absolute Gasteiger partial charge is 0.276 e. The standard InChI is InChI=1S/C26H32FN5O3/c1-26(2,3)32(11-9-31-22-14-18(27)7-8-21(22)28-17-24(31)33)10-5-4-6-20(32)15-19-16-23-25(30-29-19)35-13-12-34-23/h4,7-8,14,16-17,20H,5-6,9-13,15H2,1-3H3/q+1. The monoisotopic (exact) mass is 481 g/mol. The Labute approximate surface area is 204 Å². The molecule has 1 aromatic carbocycles. The zero-order valence-electron chi connectivity index (χ0n) is 20.5. The highest BCUT2D eigenvalue weighted by molar-refractivity contribution is 5.74. The number of halogens is 1. The van der Waals surface area contributed by atoms with Crippen LogP contribution in [-0.4, -0.2) is 62.1 Å². The number of quaternary nitrogens is 1. The van der Waals surface area contributed by atoms with Crippen LogP contribution in [0.4, 0.5) is 4.39 Å². The van der Waals surface area contributed by atoms with Gasteiger partial charge in [0.1, 0.15) is 19.0 Å². The van der Waals surface area contributed by atoms with E-state index >= 15 is 0 Å². The molecule has 8 nitrogen and oxygen atoms in total. The van der Waals surface area contributed by atoms with Gasteiger partial charge in [0.2, 0.25) is 0 Å². The number of fused-ring (bicyclic) bond motifs is 2. The van der Waals surface area contributed by atoms with E-state index in [1.807, 2.05) is 6.07 Å². The van der Waals surface area contributed by atoms with E-state index in [0.29, 0.717) is 42.4 Å². The molecule has 0 spiro atoms. The third-order valence-corrected chi connectivity index (χ3v) is 7.54. The van der Waals surface area contributed by atoms with Crippen molar-refractivity contribution in [2.75, 3.05) is 26.3 Å². The number of nitrogens with zero attached hydrogens (tertiary/aromatic N) is 5. The molecule has 2 aliphatic heterocycles. The minimum atomic E-state index is -0.374. The summed E-state index contributed by atoms with van der Waals surface area (Å²) in [5, 5.41) is 8.67. The van der Waals surface area contributed by atoms with E-state index < -0.39 is 0 Å². The molecule has 4 heterocycles. The average Bonchev–Trinajstić information content (AvgIpc) is 2.83. The summed E-state index contributed by atoms with van der Waals surface area (Å²) in [6.07, 6.45) is 6.35. The molecule has 9 heteroatoms. The van der Waals surface area contributed by atoms with Crippen molar-refractivity contribution >= 4 is 11.0 Å². The number of hydrogen-bond donors (Lipinski definition) is 0. The van der Waals surface area contributed by atoms with Crippen LogP contribution in [-0.2, 0) is 13.0 Å². The van der Waals surface area contributed by atoms with Gasteiger partial charge in [-0.2, -0.15) is 5.10 Å². The number of aromatic nitrogens is 4. The van der Waals surface area contributed by atoms with Crippen molar-refractivity contribution in [3.8, 4) is 11.6 Å². The van der Waals surface area contributed by atoms with Crippen LogP contribution in [0, 0.1) is 12.2 Å². The SMILES string of the molecule is CC(C)(C)[N+]1(CCn2c(=O)cnc3ccc(F)cc32)CC[CH]CC1Cc1cc2c(nn1)OCCO2. The molecule has 5 rings (SSSR count). The van der Waals surface area contributed by atoms with Crippen LogP contribution in [0.25, 0.3) is 11.0 Å². The lowest BCUT2D eigenvalue weighted by Gasteiger charge is -2.56. The summed E-state index contributed by atoms with van der Waals surface area (Å²) in [7, 11) is 0. The lowest BCUT2D eigenvalue weighted by atomic mass is 9.87. The van der Waals surface area contributed by atoms with Gasteiger partial charge >= 0.3 is 0 Å². The quantitative estimate of drug-likeness (QED) is 0.520. The third-order valence-electron chi connectivity index (χ3n) is 7.54. The molecule has 0 bridgehead atoms. The lowest BCUT2D eigenvalue weighted by Crippen LogP contribution is -2.69. The van der Waals surface area contributed by atoms with Gasteiger partial charge in [-0.05, 0) is 51.8 Å². The van der Waals surface area contributed by atoms with Crippen LogP contribution in [0.3, 0.4) is 0 Å². The first-order valence-corrected chi connectivity index (χ1v) is 12.2. The minimum Gasteiger partial charge on any atom is -0.484 e. The zero-order valence-corrected chi connectivity index (χ0v) is 20.5. The summed E-state index contributed by atoms with van der Waals surface area (Å²) in [4.78, 5) is 17.0. The van der Waals surface area contributed by atoms with E-state index in [9.17, 15) is 9.18 Å². The molecular formula is C26H32FN5O3+. The number of piperidine rings is 1. The molecule has 1 saturated heterocycles. The van der Waals surface area contributed by atoms with Crippen LogP contribution >= 0.6 is 0 Å². The van der Waals surface area contributed by atoms with Crippen molar-refractivity contribution in [2.24, 2.45) is 0 Å². The van der Waals surface area contributed by atoms with Gasteiger partial charge in [-0.1, -0.05) is 0 Å². The van der Waals surface area contributed by atoms with Crippen LogP contribution in [0.1, 0.15) is 39.3 Å². The number of likely N-dealkylation sites (tertiary alicyclic amines) is 1. The molecule has 0 N–H and O–H groups in total. The summed E-state index contributed by atoms with van der Waals surface area (Å²) in [6, 6.07) is 6.59. The van der Waals surface area contributed by atoms with Gasteiger partial charge in [-0.3, -0.25) is 9.36 Å². The Morgan fingerprint density at radius 2 is 2.00 bits per heavy atom. The van der Waals surface area contributed by atoms with Gasteiger partial charge in [0.05, 0.1) is 54.1 Å². The predicted molar refractivity (Wildman–Crippen MR) is 130 cm³/mol. The molecule has 0 aliphatic carbocycles. The number of ether oxygens (including phenoxy) is 2. The van der Waals surface area contributed by atoms with Crippen molar-refractivity contribution in [1.82, 2.24) is 19.7 Å². The number of hydrogen-bond acceptors (Lipinski definition) is 6. The molecule has 2 atom stereocenters. The molecule has 35 heavy (non-hydrogen) atoms. The Morgan fingerprint density at radius 3 is 2.83 bits per heavy atom. The Hall–Kier alpha value is -3.07. The fourth-order valence-corrected chi connectivity index (χ4v) is 5.67. The van der Waals surface area contributed by atoms with Crippen molar-refractivity contribution in [1.29, 1.82) is 0 Å². The second-order valence-electron chi connectivity index (χ2n) is 10.4. The summed E-state index contributed by atoms with van der Waals surface area (Å²) in [5.74, 6) is 0.718. The zero-order chi connectivity index (χ0) is 24.6. The molecule has 3 aromatic rings. The van der Waals surface area contributed by atoms with Crippen LogP contribution < -0.4 is 15.0 Å². The summed E-state index contributed by atoms with van der Waals surface area (Å²) < 4.78 is 27.8. The van der Waals surface area contributed by atoms with E-state index in [4.69, 9.17) is 9.47 Å². The summed E-state index contributed by atoms with van der Waals surface area (Å²) >= 11 is 0. The topological polar surface area (TPSA) is 79.1 Å². The van der Waals surface area contributed by atoms with E-state index in [1.54, 1.807) is 10.6 Å². The van der Waals surface area contributed by atoms with E-state index in [1.165, 1.54) is 18.3 Å². The number of rotatable bonds is 5.